The molecule has 0 fully saturated rings. The Morgan fingerprint density at radius 2 is 1.57 bits per heavy atom. The zero-order valence-corrected chi connectivity index (χ0v) is 15.8. The van der Waals surface area contributed by atoms with Crippen molar-refractivity contribution in [2.24, 2.45) is 0 Å². The number of rotatable bonds is 5. The number of aromatic nitrogens is 2. The molecule has 4 aromatic rings. The van der Waals surface area contributed by atoms with Crippen molar-refractivity contribution in [1.82, 2.24) is 10.1 Å². The molecule has 0 aliphatic rings. The molecule has 28 heavy (non-hydrogen) atoms. The van der Waals surface area contributed by atoms with Gasteiger partial charge >= 0.3 is 0 Å². The van der Waals surface area contributed by atoms with Crippen LogP contribution in [0.1, 0.15) is 5.56 Å². The van der Waals surface area contributed by atoms with Gasteiger partial charge < -0.3 is 4.52 Å². The highest BCUT2D eigenvalue weighted by atomic mass is 32.2. The van der Waals surface area contributed by atoms with Crippen LogP contribution in [-0.2, 0) is 10.0 Å². The van der Waals surface area contributed by atoms with Gasteiger partial charge in [0.25, 0.3) is 15.9 Å². The van der Waals surface area contributed by atoms with E-state index in [0.717, 1.165) is 11.1 Å². The van der Waals surface area contributed by atoms with E-state index in [4.69, 9.17) is 4.52 Å². The molecule has 3 aromatic carbocycles. The minimum absolute atomic E-state index is 0.202. The molecular weight excluding hydrogens is 374 g/mol. The molecular formula is C21H17N3O3S. The lowest BCUT2D eigenvalue weighted by Crippen LogP contribution is -2.12. The number of hydrogen-bond donors (Lipinski definition) is 1. The van der Waals surface area contributed by atoms with E-state index in [1.807, 2.05) is 37.3 Å². The summed E-state index contributed by atoms with van der Waals surface area (Å²) in [7, 11) is -3.68. The highest BCUT2D eigenvalue weighted by molar-refractivity contribution is 7.92. The Bertz CT molecular complexity index is 1200. The van der Waals surface area contributed by atoms with Crippen molar-refractivity contribution in [3.05, 3.63) is 84.4 Å². The van der Waals surface area contributed by atoms with E-state index in [0.29, 0.717) is 23.0 Å². The van der Waals surface area contributed by atoms with Crippen molar-refractivity contribution in [1.29, 1.82) is 0 Å². The zero-order valence-electron chi connectivity index (χ0n) is 15.0. The lowest BCUT2D eigenvalue weighted by Gasteiger charge is -2.09. The predicted molar refractivity (Wildman–Crippen MR) is 107 cm³/mol. The molecule has 0 atom stereocenters. The third-order valence-electron chi connectivity index (χ3n) is 4.15. The minimum atomic E-state index is -3.68. The van der Waals surface area contributed by atoms with Gasteiger partial charge in [0.1, 0.15) is 0 Å². The van der Waals surface area contributed by atoms with Crippen LogP contribution in [0.15, 0.2) is 88.3 Å². The molecule has 0 saturated carbocycles. The largest absolute Gasteiger partial charge is 0.334 e. The van der Waals surface area contributed by atoms with Gasteiger partial charge in [-0.2, -0.15) is 4.98 Å². The normalized spacial score (nSPS) is 11.3. The summed E-state index contributed by atoms with van der Waals surface area (Å²) in [6, 6.07) is 23.0. The fourth-order valence-corrected chi connectivity index (χ4v) is 3.74. The van der Waals surface area contributed by atoms with Crippen molar-refractivity contribution in [3.8, 4) is 22.8 Å². The van der Waals surface area contributed by atoms with Crippen LogP contribution in [0.5, 0.6) is 0 Å². The van der Waals surface area contributed by atoms with Gasteiger partial charge in [-0.3, -0.25) is 4.72 Å². The molecule has 0 aliphatic carbocycles. The summed E-state index contributed by atoms with van der Waals surface area (Å²) in [6.07, 6.45) is 0. The van der Waals surface area contributed by atoms with Crippen LogP contribution < -0.4 is 4.72 Å². The second-order valence-corrected chi connectivity index (χ2v) is 7.97. The predicted octanol–water partition coefficient (Wildman–Crippen LogP) is 4.51. The SMILES string of the molecule is Cc1ccc(S(=O)(=O)Nc2cccc(-c3nc(-c4ccccc4)no3)c2)cc1. The first-order valence-electron chi connectivity index (χ1n) is 8.60. The first-order valence-corrected chi connectivity index (χ1v) is 10.1. The number of anilines is 1. The molecule has 0 saturated heterocycles. The van der Waals surface area contributed by atoms with Crippen molar-refractivity contribution in [2.45, 2.75) is 11.8 Å². The highest BCUT2D eigenvalue weighted by Crippen LogP contribution is 2.25. The second kappa shape index (κ2) is 7.28. The first-order chi connectivity index (χ1) is 13.5. The van der Waals surface area contributed by atoms with E-state index in [2.05, 4.69) is 14.9 Å². The second-order valence-electron chi connectivity index (χ2n) is 6.29. The van der Waals surface area contributed by atoms with E-state index in [1.54, 1.807) is 48.5 Å². The number of nitrogens with one attached hydrogen (secondary N) is 1. The third-order valence-corrected chi connectivity index (χ3v) is 5.55. The monoisotopic (exact) mass is 391 g/mol. The Morgan fingerprint density at radius 3 is 2.32 bits per heavy atom. The molecule has 7 heteroatoms. The van der Waals surface area contributed by atoms with Crippen molar-refractivity contribution >= 4 is 15.7 Å². The maximum absolute atomic E-state index is 12.6. The standard InChI is InChI=1S/C21H17N3O3S/c1-15-10-12-19(13-11-15)28(25,26)24-18-9-5-8-17(14-18)21-22-20(23-27-21)16-6-3-2-4-7-16/h2-14,24H,1H3. The van der Waals surface area contributed by atoms with Crippen LogP contribution in [0, 0.1) is 6.92 Å². The van der Waals surface area contributed by atoms with Gasteiger partial charge in [0.2, 0.25) is 5.82 Å². The van der Waals surface area contributed by atoms with Gasteiger partial charge in [-0.05, 0) is 37.3 Å². The van der Waals surface area contributed by atoms with E-state index >= 15 is 0 Å². The van der Waals surface area contributed by atoms with E-state index in [1.165, 1.54) is 0 Å². The number of aryl methyl sites for hydroxylation is 1. The first kappa shape index (κ1) is 17.9. The van der Waals surface area contributed by atoms with Crippen LogP contribution >= 0.6 is 0 Å². The molecule has 0 bridgehead atoms. The Kier molecular flexibility index (Phi) is 4.67. The Balaban J connectivity index is 1.60. The lowest BCUT2D eigenvalue weighted by molar-refractivity contribution is 0.432. The van der Waals surface area contributed by atoms with Crippen molar-refractivity contribution in [2.75, 3.05) is 4.72 Å². The molecule has 1 N–H and O–H groups in total. The van der Waals surface area contributed by atoms with Gasteiger partial charge in [-0.25, -0.2) is 8.42 Å². The minimum Gasteiger partial charge on any atom is -0.334 e. The molecule has 4 rings (SSSR count). The lowest BCUT2D eigenvalue weighted by atomic mass is 10.2. The molecule has 1 heterocycles. The molecule has 0 radical (unpaired) electrons. The van der Waals surface area contributed by atoms with Crippen LogP contribution in [0.25, 0.3) is 22.8 Å². The van der Waals surface area contributed by atoms with Gasteiger partial charge in [0, 0.05) is 16.8 Å². The Hall–Kier alpha value is -3.45. The number of hydrogen-bond acceptors (Lipinski definition) is 5. The molecule has 0 unspecified atom stereocenters. The molecule has 0 amide bonds. The van der Waals surface area contributed by atoms with Gasteiger partial charge in [0.15, 0.2) is 0 Å². The molecule has 140 valence electrons. The average molecular weight is 391 g/mol. The van der Waals surface area contributed by atoms with Crippen molar-refractivity contribution in [3.63, 3.8) is 0 Å². The number of sulfonamides is 1. The fourth-order valence-electron chi connectivity index (χ4n) is 2.69. The fraction of sp³-hybridized carbons (Fsp3) is 0.0476. The van der Waals surface area contributed by atoms with Crippen LogP contribution in [-0.4, -0.2) is 18.6 Å². The maximum atomic E-state index is 12.6. The molecule has 1 aromatic heterocycles. The Labute approximate surface area is 162 Å². The van der Waals surface area contributed by atoms with Gasteiger partial charge in [0.05, 0.1) is 4.90 Å². The topological polar surface area (TPSA) is 85.1 Å². The summed E-state index contributed by atoms with van der Waals surface area (Å²) < 4.78 is 33.1. The highest BCUT2D eigenvalue weighted by Gasteiger charge is 2.15. The quantitative estimate of drug-likeness (QED) is 0.541. The number of benzene rings is 3. The van der Waals surface area contributed by atoms with Crippen LogP contribution in [0.2, 0.25) is 0 Å². The van der Waals surface area contributed by atoms with Gasteiger partial charge in [-0.1, -0.05) is 59.3 Å². The summed E-state index contributed by atoms with van der Waals surface area (Å²) in [4.78, 5) is 4.60. The Morgan fingerprint density at radius 1 is 0.857 bits per heavy atom. The summed E-state index contributed by atoms with van der Waals surface area (Å²) >= 11 is 0. The summed E-state index contributed by atoms with van der Waals surface area (Å²) in [5.41, 5.74) is 2.87. The maximum Gasteiger partial charge on any atom is 0.261 e. The van der Waals surface area contributed by atoms with Gasteiger partial charge in [-0.15, -0.1) is 0 Å². The average Bonchev–Trinajstić information content (AvgIpc) is 3.19. The van der Waals surface area contributed by atoms with Crippen LogP contribution in [0.4, 0.5) is 5.69 Å². The number of nitrogens with zero attached hydrogens (tertiary/aromatic N) is 2. The smallest absolute Gasteiger partial charge is 0.261 e. The van der Waals surface area contributed by atoms with E-state index < -0.39 is 10.0 Å². The zero-order chi connectivity index (χ0) is 19.6. The summed E-state index contributed by atoms with van der Waals surface area (Å²) in [6.45, 7) is 1.90. The van der Waals surface area contributed by atoms with Crippen LogP contribution in [0.3, 0.4) is 0 Å². The third kappa shape index (κ3) is 3.79. The molecule has 0 spiro atoms. The van der Waals surface area contributed by atoms with E-state index in [-0.39, 0.29) is 4.90 Å². The van der Waals surface area contributed by atoms with Crippen molar-refractivity contribution < 1.29 is 12.9 Å². The molecule has 6 nitrogen and oxygen atoms in total. The summed E-state index contributed by atoms with van der Waals surface area (Å²) in [5, 5.41) is 4.00. The summed E-state index contributed by atoms with van der Waals surface area (Å²) in [5.74, 6) is 0.788. The van der Waals surface area contributed by atoms with E-state index in [9.17, 15) is 8.42 Å². The molecule has 0 aliphatic heterocycles.